The van der Waals surface area contributed by atoms with Crippen LogP contribution in [0.4, 0.5) is 0 Å². The van der Waals surface area contributed by atoms with E-state index >= 15 is 0 Å². The van der Waals surface area contributed by atoms with Gasteiger partial charge in [-0.05, 0) is 39.9 Å². The Labute approximate surface area is 224 Å². The number of H-pyrrole nitrogens is 1. The monoisotopic (exact) mass is 520 g/mol. The second kappa shape index (κ2) is 9.83. The summed E-state index contributed by atoms with van der Waals surface area (Å²) in [5.74, 6) is 2.30. The lowest BCUT2D eigenvalue weighted by Crippen LogP contribution is -2.20. The van der Waals surface area contributed by atoms with Crippen molar-refractivity contribution in [2.24, 2.45) is 0 Å². The molecular formula is C30H28N6O3. The molecule has 9 heteroatoms. The van der Waals surface area contributed by atoms with E-state index in [-0.39, 0.29) is 11.5 Å². The van der Waals surface area contributed by atoms with Crippen molar-refractivity contribution in [3.8, 4) is 22.8 Å². The average Bonchev–Trinajstić information content (AvgIpc) is 3.64. The van der Waals surface area contributed by atoms with E-state index in [1.165, 1.54) is 0 Å². The molecule has 6 rings (SSSR count). The number of aromatic nitrogens is 6. The second-order valence-corrected chi connectivity index (χ2v) is 10.1. The molecule has 0 spiro atoms. The van der Waals surface area contributed by atoms with Crippen LogP contribution in [0, 0.1) is 13.8 Å². The fourth-order valence-electron chi connectivity index (χ4n) is 4.88. The molecule has 0 aliphatic heterocycles. The summed E-state index contributed by atoms with van der Waals surface area (Å²) in [6, 6.07) is 20.2. The van der Waals surface area contributed by atoms with Crippen LogP contribution in [0.2, 0.25) is 0 Å². The predicted octanol–water partition coefficient (Wildman–Crippen LogP) is 5.81. The van der Waals surface area contributed by atoms with E-state index in [4.69, 9.17) is 9.05 Å². The molecule has 9 nitrogen and oxygen atoms in total. The van der Waals surface area contributed by atoms with Gasteiger partial charge in [0.15, 0.2) is 0 Å². The summed E-state index contributed by atoms with van der Waals surface area (Å²) in [6.45, 7) is 8.14. The normalized spacial score (nSPS) is 11.6. The lowest BCUT2D eigenvalue weighted by molar-refractivity contribution is 0.394. The highest BCUT2D eigenvalue weighted by molar-refractivity contribution is 5.87. The molecule has 0 radical (unpaired) electrons. The van der Waals surface area contributed by atoms with Crippen LogP contribution in [0.15, 0.2) is 74.5 Å². The third kappa shape index (κ3) is 4.90. The van der Waals surface area contributed by atoms with Crippen molar-refractivity contribution in [3.63, 3.8) is 0 Å². The van der Waals surface area contributed by atoms with Gasteiger partial charge in [-0.2, -0.15) is 9.97 Å². The van der Waals surface area contributed by atoms with Gasteiger partial charge in [0, 0.05) is 42.7 Å². The van der Waals surface area contributed by atoms with Gasteiger partial charge in [-0.1, -0.05) is 72.7 Å². The summed E-state index contributed by atoms with van der Waals surface area (Å²) >= 11 is 0. The molecule has 6 aromatic rings. The number of hydrogen-bond donors (Lipinski definition) is 1. The average molecular weight is 521 g/mol. The van der Waals surface area contributed by atoms with Gasteiger partial charge in [-0.3, -0.25) is 9.89 Å². The number of nitrogens with one attached hydrogen (secondary N) is 1. The molecule has 0 atom stereocenters. The predicted molar refractivity (Wildman–Crippen MR) is 147 cm³/mol. The first-order chi connectivity index (χ1) is 18.8. The quantitative estimate of drug-likeness (QED) is 0.282. The Kier molecular flexibility index (Phi) is 6.18. The Morgan fingerprint density at radius 1 is 0.821 bits per heavy atom. The fourth-order valence-corrected chi connectivity index (χ4v) is 4.88. The summed E-state index contributed by atoms with van der Waals surface area (Å²) in [5, 5.41) is 13.6. The van der Waals surface area contributed by atoms with Crippen LogP contribution in [0.25, 0.3) is 33.5 Å². The molecule has 3 heterocycles. The van der Waals surface area contributed by atoms with Gasteiger partial charge in [-0.25, -0.2) is 4.68 Å². The van der Waals surface area contributed by atoms with Crippen LogP contribution in [0.1, 0.15) is 53.9 Å². The summed E-state index contributed by atoms with van der Waals surface area (Å²) in [7, 11) is 0. The summed E-state index contributed by atoms with van der Waals surface area (Å²) in [5.41, 5.74) is 5.47. The van der Waals surface area contributed by atoms with Crippen LogP contribution < -0.4 is 5.56 Å². The topological polar surface area (TPSA) is 116 Å². The highest BCUT2D eigenvalue weighted by Crippen LogP contribution is 2.26. The number of fused-ring (bicyclic) bond motifs is 1. The molecule has 39 heavy (non-hydrogen) atoms. The molecule has 0 aliphatic rings. The molecule has 0 saturated heterocycles. The molecule has 0 bridgehead atoms. The lowest BCUT2D eigenvalue weighted by atomic mass is 9.97. The van der Waals surface area contributed by atoms with Gasteiger partial charge < -0.3 is 9.05 Å². The number of aryl methyl sites for hydroxylation is 2. The van der Waals surface area contributed by atoms with Gasteiger partial charge in [0.2, 0.25) is 23.4 Å². The van der Waals surface area contributed by atoms with Crippen molar-refractivity contribution in [1.29, 1.82) is 0 Å². The van der Waals surface area contributed by atoms with Crippen molar-refractivity contribution in [2.45, 2.75) is 46.6 Å². The zero-order valence-corrected chi connectivity index (χ0v) is 22.2. The Hall–Kier alpha value is -4.79. The Morgan fingerprint density at radius 3 is 2.18 bits per heavy atom. The SMILES string of the molecule is Cc1nc(-c2cccc(Cn3[nH]c(C(C)C)c(Cc4ccc5ccc(-c6noc(C)n6)cc5c4)c3=O)c2)no1. The molecule has 196 valence electrons. The number of nitrogens with zero attached hydrogens (tertiary/aromatic N) is 5. The third-order valence-electron chi connectivity index (χ3n) is 6.79. The van der Waals surface area contributed by atoms with Crippen molar-refractivity contribution < 1.29 is 9.05 Å². The molecular weight excluding hydrogens is 492 g/mol. The Bertz CT molecular complexity index is 1860. The van der Waals surface area contributed by atoms with Crippen molar-refractivity contribution in [2.75, 3.05) is 0 Å². The highest BCUT2D eigenvalue weighted by atomic mass is 16.5. The van der Waals surface area contributed by atoms with Crippen molar-refractivity contribution >= 4 is 10.8 Å². The molecule has 1 N–H and O–H groups in total. The number of aromatic amines is 1. The molecule has 3 aromatic carbocycles. The minimum atomic E-state index is -0.0179. The minimum absolute atomic E-state index is 0.0179. The largest absolute Gasteiger partial charge is 0.339 e. The molecule has 0 unspecified atom stereocenters. The van der Waals surface area contributed by atoms with Crippen LogP contribution in [0.5, 0.6) is 0 Å². The first kappa shape index (κ1) is 24.5. The zero-order valence-electron chi connectivity index (χ0n) is 22.2. The van der Waals surface area contributed by atoms with Crippen LogP contribution in [0.3, 0.4) is 0 Å². The van der Waals surface area contributed by atoms with Gasteiger partial charge >= 0.3 is 0 Å². The van der Waals surface area contributed by atoms with Crippen LogP contribution >= 0.6 is 0 Å². The van der Waals surface area contributed by atoms with Crippen molar-refractivity contribution in [1.82, 2.24) is 30.1 Å². The Balaban J connectivity index is 1.31. The second-order valence-electron chi connectivity index (χ2n) is 10.1. The van der Waals surface area contributed by atoms with Gasteiger partial charge in [0.05, 0.1) is 6.54 Å². The van der Waals surface area contributed by atoms with E-state index < -0.39 is 0 Å². The molecule has 0 amide bonds. The fraction of sp³-hybridized carbons (Fsp3) is 0.233. The molecule has 0 fully saturated rings. The first-order valence-electron chi connectivity index (χ1n) is 12.9. The number of hydrogen-bond acceptors (Lipinski definition) is 7. The molecule has 3 aromatic heterocycles. The van der Waals surface area contributed by atoms with Gasteiger partial charge in [0.25, 0.3) is 5.56 Å². The maximum atomic E-state index is 13.6. The minimum Gasteiger partial charge on any atom is -0.339 e. The maximum absolute atomic E-state index is 13.6. The van der Waals surface area contributed by atoms with E-state index in [1.54, 1.807) is 18.5 Å². The van der Waals surface area contributed by atoms with Crippen molar-refractivity contribution in [3.05, 3.63) is 105 Å². The third-order valence-corrected chi connectivity index (χ3v) is 6.79. The van der Waals surface area contributed by atoms with E-state index in [9.17, 15) is 4.79 Å². The maximum Gasteiger partial charge on any atom is 0.270 e. The summed E-state index contributed by atoms with van der Waals surface area (Å²) in [6.07, 6.45) is 0.527. The van der Waals surface area contributed by atoms with E-state index in [2.05, 4.69) is 63.5 Å². The smallest absolute Gasteiger partial charge is 0.270 e. The number of rotatable bonds is 7. The summed E-state index contributed by atoms with van der Waals surface area (Å²) < 4.78 is 12.0. The number of benzene rings is 3. The first-order valence-corrected chi connectivity index (χ1v) is 12.9. The van der Waals surface area contributed by atoms with E-state index in [0.717, 1.165) is 44.3 Å². The standard InChI is InChI=1S/C30H28N6O3/c1-17(2)27-26(14-20-8-9-22-10-11-24(15-25(22)12-20)29-32-19(4)39-35-29)30(37)36(33-27)16-21-6-5-7-23(13-21)28-31-18(3)38-34-28/h5-13,15,17,33H,14,16H2,1-4H3. The van der Waals surface area contributed by atoms with Gasteiger partial charge in [0.1, 0.15) is 0 Å². The summed E-state index contributed by atoms with van der Waals surface area (Å²) in [4.78, 5) is 22.3. The Morgan fingerprint density at radius 2 is 1.51 bits per heavy atom. The van der Waals surface area contributed by atoms with E-state index in [0.29, 0.717) is 36.4 Å². The van der Waals surface area contributed by atoms with E-state index in [1.807, 2.05) is 36.4 Å². The zero-order chi connectivity index (χ0) is 27.1. The van der Waals surface area contributed by atoms with Crippen LogP contribution in [-0.2, 0) is 13.0 Å². The van der Waals surface area contributed by atoms with Crippen LogP contribution in [-0.4, -0.2) is 30.1 Å². The lowest BCUT2D eigenvalue weighted by Gasteiger charge is -2.07. The highest BCUT2D eigenvalue weighted by Gasteiger charge is 2.18. The molecule has 0 saturated carbocycles. The van der Waals surface area contributed by atoms with Gasteiger partial charge in [-0.15, -0.1) is 0 Å². The molecule has 0 aliphatic carbocycles.